The van der Waals surface area contributed by atoms with Gasteiger partial charge in [-0.2, -0.15) is 0 Å². The van der Waals surface area contributed by atoms with E-state index in [-0.39, 0.29) is 0 Å². The fourth-order valence-electron chi connectivity index (χ4n) is 2.36. The monoisotopic (exact) mass is 217 g/mol. The van der Waals surface area contributed by atoms with Crippen molar-refractivity contribution >= 4 is 0 Å². The number of nitrogens with one attached hydrogen (secondary N) is 1. The molecule has 1 unspecified atom stereocenters. The van der Waals surface area contributed by atoms with Crippen LogP contribution in [0, 0.1) is 12.3 Å². The van der Waals surface area contributed by atoms with Crippen molar-refractivity contribution in [3.05, 3.63) is 34.9 Å². The molecule has 1 aromatic carbocycles. The van der Waals surface area contributed by atoms with Gasteiger partial charge in [0.25, 0.3) is 0 Å². The van der Waals surface area contributed by atoms with Gasteiger partial charge in [-0.15, -0.1) is 0 Å². The molecule has 1 atom stereocenters. The first-order valence-electron chi connectivity index (χ1n) is 6.28. The summed E-state index contributed by atoms with van der Waals surface area (Å²) in [6.45, 7) is 10.1. The third-order valence-corrected chi connectivity index (χ3v) is 3.26. The molecule has 0 amide bonds. The van der Waals surface area contributed by atoms with Crippen molar-refractivity contribution < 1.29 is 0 Å². The van der Waals surface area contributed by atoms with E-state index in [2.05, 4.69) is 51.2 Å². The van der Waals surface area contributed by atoms with Gasteiger partial charge in [-0.25, -0.2) is 0 Å². The molecule has 1 aliphatic carbocycles. The number of rotatable bonds is 2. The highest BCUT2D eigenvalue weighted by Crippen LogP contribution is 2.32. The molecule has 0 aromatic heterocycles. The minimum Gasteiger partial charge on any atom is -0.309 e. The maximum absolute atomic E-state index is 3.70. The van der Waals surface area contributed by atoms with Crippen molar-refractivity contribution in [3.63, 3.8) is 0 Å². The predicted molar refractivity (Wildman–Crippen MR) is 69.7 cm³/mol. The molecule has 0 heterocycles. The lowest BCUT2D eigenvalue weighted by molar-refractivity contribution is 0.352. The number of hydrogen-bond donors (Lipinski definition) is 1. The van der Waals surface area contributed by atoms with Crippen LogP contribution in [0.1, 0.15) is 49.9 Å². The van der Waals surface area contributed by atoms with Crippen LogP contribution in [0.2, 0.25) is 0 Å². The van der Waals surface area contributed by atoms with Crippen molar-refractivity contribution in [2.24, 2.45) is 5.41 Å². The maximum atomic E-state index is 3.70. The topological polar surface area (TPSA) is 12.0 Å². The molecule has 1 nitrogen and oxygen atoms in total. The van der Waals surface area contributed by atoms with Crippen LogP contribution in [0.25, 0.3) is 0 Å². The molecular formula is C15H23N. The SMILES string of the molecule is Cc1ccc2c(c1)C(NCC(C)(C)C)CC2. The molecule has 1 aliphatic rings. The summed E-state index contributed by atoms with van der Waals surface area (Å²) in [7, 11) is 0. The standard InChI is InChI=1S/C15H23N/c1-11-5-6-12-7-8-14(13(12)9-11)16-10-15(2,3)4/h5-6,9,14,16H,7-8,10H2,1-4H3. The number of benzene rings is 1. The summed E-state index contributed by atoms with van der Waals surface area (Å²) in [4.78, 5) is 0. The van der Waals surface area contributed by atoms with Crippen LogP contribution in [0.3, 0.4) is 0 Å². The second-order valence-electron chi connectivity index (χ2n) is 6.24. The fraction of sp³-hybridized carbons (Fsp3) is 0.600. The molecule has 1 N–H and O–H groups in total. The second-order valence-corrected chi connectivity index (χ2v) is 6.24. The Morgan fingerprint density at radius 1 is 1.31 bits per heavy atom. The van der Waals surface area contributed by atoms with Crippen molar-refractivity contribution in [2.45, 2.75) is 46.6 Å². The summed E-state index contributed by atoms with van der Waals surface area (Å²) in [5.41, 5.74) is 4.82. The summed E-state index contributed by atoms with van der Waals surface area (Å²) < 4.78 is 0. The molecule has 2 rings (SSSR count). The lowest BCUT2D eigenvalue weighted by Gasteiger charge is -2.23. The Morgan fingerprint density at radius 3 is 2.75 bits per heavy atom. The minimum absolute atomic E-state index is 0.368. The van der Waals surface area contributed by atoms with Crippen molar-refractivity contribution in [3.8, 4) is 0 Å². The molecule has 16 heavy (non-hydrogen) atoms. The van der Waals surface area contributed by atoms with Gasteiger partial charge in [0.15, 0.2) is 0 Å². The zero-order valence-corrected chi connectivity index (χ0v) is 10.9. The Labute approximate surface area is 99.3 Å². The number of fused-ring (bicyclic) bond motifs is 1. The van der Waals surface area contributed by atoms with Crippen LogP contribution in [-0.2, 0) is 6.42 Å². The van der Waals surface area contributed by atoms with E-state index in [9.17, 15) is 0 Å². The number of hydrogen-bond acceptors (Lipinski definition) is 1. The highest BCUT2D eigenvalue weighted by atomic mass is 14.9. The average Bonchev–Trinajstić information content (AvgIpc) is 2.56. The predicted octanol–water partition coefficient (Wildman–Crippen LogP) is 3.62. The van der Waals surface area contributed by atoms with Gasteiger partial charge in [-0.05, 0) is 36.3 Å². The highest BCUT2D eigenvalue weighted by molar-refractivity contribution is 5.37. The van der Waals surface area contributed by atoms with E-state index in [1.807, 2.05) is 0 Å². The summed E-state index contributed by atoms with van der Waals surface area (Å²) >= 11 is 0. The first-order valence-corrected chi connectivity index (χ1v) is 6.28. The van der Waals surface area contributed by atoms with Gasteiger partial charge in [0, 0.05) is 12.6 Å². The van der Waals surface area contributed by atoms with Crippen LogP contribution in [0.5, 0.6) is 0 Å². The van der Waals surface area contributed by atoms with E-state index in [0.717, 1.165) is 6.54 Å². The van der Waals surface area contributed by atoms with E-state index in [4.69, 9.17) is 0 Å². The molecule has 0 saturated heterocycles. The molecule has 0 saturated carbocycles. The summed E-state index contributed by atoms with van der Waals surface area (Å²) in [6.07, 6.45) is 2.49. The highest BCUT2D eigenvalue weighted by Gasteiger charge is 2.23. The quantitative estimate of drug-likeness (QED) is 0.798. The van der Waals surface area contributed by atoms with Crippen LogP contribution < -0.4 is 5.32 Å². The first-order chi connectivity index (χ1) is 7.46. The molecule has 88 valence electrons. The molecule has 0 radical (unpaired) electrons. The summed E-state index contributed by atoms with van der Waals surface area (Å²) in [5, 5.41) is 3.70. The lowest BCUT2D eigenvalue weighted by atomic mass is 9.96. The van der Waals surface area contributed by atoms with Gasteiger partial charge in [0.1, 0.15) is 0 Å². The fourth-order valence-corrected chi connectivity index (χ4v) is 2.36. The first kappa shape index (κ1) is 11.7. The summed E-state index contributed by atoms with van der Waals surface area (Å²) in [6, 6.07) is 7.45. The third kappa shape index (κ3) is 2.65. The Hall–Kier alpha value is -0.820. The van der Waals surface area contributed by atoms with Gasteiger partial charge in [-0.3, -0.25) is 0 Å². The van der Waals surface area contributed by atoms with E-state index in [1.165, 1.54) is 29.5 Å². The van der Waals surface area contributed by atoms with Crippen molar-refractivity contribution in [1.29, 1.82) is 0 Å². The van der Waals surface area contributed by atoms with Gasteiger partial charge in [0.2, 0.25) is 0 Å². The average molecular weight is 217 g/mol. The van der Waals surface area contributed by atoms with Gasteiger partial charge in [0.05, 0.1) is 0 Å². The largest absolute Gasteiger partial charge is 0.309 e. The van der Waals surface area contributed by atoms with Crippen LogP contribution in [0.4, 0.5) is 0 Å². The molecule has 1 heteroatoms. The molecule has 1 aromatic rings. The molecular weight excluding hydrogens is 194 g/mol. The van der Waals surface area contributed by atoms with Crippen molar-refractivity contribution in [2.75, 3.05) is 6.54 Å². The Morgan fingerprint density at radius 2 is 2.06 bits per heavy atom. The molecule has 0 spiro atoms. The zero-order chi connectivity index (χ0) is 11.8. The Balaban J connectivity index is 2.08. The van der Waals surface area contributed by atoms with Gasteiger partial charge >= 0.3 is 0 Å². The Kier molecular flexibility index (Phi) is 3.07. The minimum atomic E-state index is 0.368. The lowest BCUT2D eigenvalue weighted by Crippen LogP contribution is -2.29. The zero-order valence-electron chi connectivity index (χ0n) is 10.9. The van der Waals surface area contributed by atoms with Crippen LogP contribution >= 0.6 is 0 Å². The molecule has 0 aliphatic heterocycles. The Bertz CT molecular complexity index is 374. The van der Waals surface area contributed by atoms with Gasteiger partial charge in [-0.1, -0.05) is 44.5 Å². The number of aryl methyl sites for hydroxylation is 2. The van der Waals surface area contributed by atoms with Crippen molar-refractivity contribution in [1.82, 2.24) is 5.32 Å². The van der Waals surface area contributed by atoms with E-state index >= 15 is 0 Å². The van der Waals surface area contributed by atoms with E-state index < -0.39 is 0 Å². The third-order valence-electron chi connectivity index (χ3n) is 3.26. The smallest absolute Gasteiger partial charge is 0.0326 e. The van der Waals surface area contributed by atoms with E-state index in [0.29, 0.717) is 11.5 Å². The normalized spacial score (nSPS) is 19.9. The van der Waals surface area contributed by atoms with Crippen LogP contribution in [-0.4, -0.2) is 6.54 Å². The van der Waals surface area contributed by atoms with Crippen LogP contribution in [0.15, 0.2) is 18.2 Å². The second kappa shape index (κ2) is 4.21. The molecule has 0 bridgehead atoms. The van der Waals surface area contributed by atoms with Gasteiger partial charge < -0.3 is 5.32 Å². The maximum Gasteiger partial charge on any atom is 0.0326 e. The summed E-state index contributed by atoms with van der Waals surface area (Å²) in [5.74, 6) is 0. The van der Waals surface area contributed by atoms with E-state index in [1.54, 1.807) is 0 Å². The molecule has 0 fully saturated rings.